The number of hydrogen-bond donors (Lipinski definition) is 0. The summed E-state index contributed by atoms with van der Waals surface area (Å²) in [6.07, 6.45) is -4.74. The summed E-state index contributed by atoms with van der Waals surface area (Å²) in [5.74, 6) is 0. The molecule has 0 saturated carbocycles. The third-order valence-electron chi connectivity index (χ3n) is 3.20. The molecule has 2 bridgehead atoms. The maximum Gasteiger partial charge on any atom is 0.416 e. The maximum absolute atomic E-state index is 12.6. The van der Waals surface area contributed by atoms with Gasteiger partial charge in [0.15, 0.2) is 0 Å². The molecule has 1 saturated heterocycles. The molecule has 3 rings (SSSR count). The van der Waals surface area contributed by atoms with Gasteiger partial charge in [-0.25, -0.2) is 0 Å². The summed E-state index contributed by atoms with van der Waals surface area (Å²) in [7, 11) is 0. The van der Waals surface area contributed by atoms with Crippen molar-refractivity contribution in [2.75, 3.05) is 0 Å². The minimum Gasteiger partial charge on any atom is -0.363 e. The van der Waals surface area contributed by atoms with E-state index < -0.39 is 11.7 Å². The van der Waals surface area contributed by atoms with Gasteiger partial charge in [-0.05, 0) is 23.3 Å². The smallest absolute Gasteiger partial charge is 0.363 e. The highest BCUT2D eigenvalue weighted by Gasteiger charge is 2.51. The number of rotatable bonds is 0. The Balaban J connectivity index is 2.08. The summed E-state index contributed by atoms with van der Waals surface area (Å²) in [5, 5.41) is 0. The number of ether oxygens (including phenoxy) is 1. The first-order valence-electron chi connectivity index (χ1n) is 5.04. The Kier molecular flexibility index (Phi) is 2.62. The molecule has 92 valence electrons. The normalized spacial score (nSPS) is 35.1. The largest absolute Gasteiger partial charge is 0.416 e. The second kappa shape index (κ2) is 3.71. The number of fused-ring (bicyclic) bond motifs is 5. The fourth-order valence-electron chi connectivity index (χ4n) is 2.39. The molecule has 0 amide bonds. The molecule has 0 spiro atoms. The van der Waals surface area contributed by atoms with Crippen molar-refractivity contribution >= 4 is 31.9 Å². The van der Waals surface area contributed by atoms with Gasteiger partial charge >= 0.3 is 6.18 Å². The highest BCUT2D eigenvalue weighted by molar-refractivity contribution is 9.12. The monoisotopic (exact) mass is 370 g/mol. The van der Waals surface area contributed by atoms with E-state index in [0.29, 0.717) is 5.56 Å². The fraction of sp³-hybridized carbons (Fsp3) is 0.455. The highest BCUT2D eigenvalue weighted by atomic mass is 79.9. The van der Waals surface area contributed by atoms with Crippen LogP contribution >= 0.6 is 31.9 Å². The van der Waals surface area contributed by atoms with Gasteiger partial charge in [0.1, 0.15) is 0 Å². The maximum atomic E-state index is 12.6. The first kappa shape index (κ1) is 12.0. The van der Waals surface area contributed by atoms with E-state index in [4.69, 9.17) is 4.74 Å². The molecule has 2 aliphatic heterocycles. The van der Waals surface area contributed by atoms with Gasteiger partial charge in [0, 0.05) is 0 Å². The van der Waals surface area contributed by atoms with Crippen LogP contribution in [-0.2, 0) is 10.9 Å². The van der Waals surface area contributed by atoms with Gasteiger partial charge in [0.05, 0.1) is 27.4 Å². The van der Waals surface area contributed by atoms with E-state index in [0.717, 1.165) is 11.6 Å². The minimum absolute atomic E-state index is 0.0171. The zero-order chi connectivity index (χ0) is 12.4. The molecule has 1 aromatic rings. The molecule has 2 heterocycles. The lowest BCUT2D eigenvalue weighted by Gasteiger charge is -2.22. The molecule has 4 atom stereocenters. The molecular formula is C11H7Br2F3O. The Labute approximate surface area is 113 Å². The lowest BCUT2D eigenvalue weighted by Crippen LogP contribution is -2.22. The van der Waals surface area contributed by atoms with Gasteiger partial charge in [0.2, 0.25) is 0 Å². The molecule has 1 aromatic carbocycles. The molecule has 0 aromatic heterocycles. The van der Waals surface area contributed by atoms with Crippen molar-refractivity contribution in [1.82, 2.24) is 0 Å². The van der Waals surface area contributed by atoms with Crippen LogP contribution in [0.1, 0.15) is 28.9 Å². The first-order chi connectivity index (χ1) is 7.89. The Bertz CT molecular complexity index is 474. The standard InChI is InChI=1S/C11H7Br2F3O/c12-7-8(13)10-6-3-4(11(14,15)16)1-2-5(6)9(7)17-10/h1-3,7-10H. The second-order valence-electron chi connectivity index (χ2n) is 4.21. The summed E-state index contributed by atoms with van der Waals surface area (Å²) in [5.41, 5.74) is 0.904. The molecule has 0 aliphatic carbocycles. The molecular weight excluding hydrogens is 365 g/mol. The molecule has 6 heteroatoms. The average Bonchev–Trinajstić information content (AvgIpc) is 2.76. The number of alkyl halides is 5. The molecule has 0 N–H and O–H groups in total. The fourth-order valence-corrected chi connectivity index (χ4v) is 3.76. The van der Waals surface area contributed by atoms with E-state index >= 15 is 0 Å². The van der Waals surface area contributed by atoms with Crippen molar-refractivity contribution in [2.45, 2.75) is 28.0 Å². The SMILES string of the molecule is FC(F)(F)c1ccc2c(c1)C1OC2C(Br)C1Br. The van der Waals surface area contributed by atoms with Gasteiger partial charge < -0.3 is 4.74 Å². The van der Waals surface area contributed by atoms with Crippen LogP contribution in [0.3, 0.4) is 0 Å². The van der Waals surface area contributed by atoms with Crippen LogP contribution in [-0.4, -0.2) is 9.65 Å². The van der Waals surface area contributed by atoms with Crippen LogP contribution in [0.5, 0.6) is 0 Å². The highest BCUT2D eigenvalue weighted by Crippen LogP contribution is 2.56. The van der Waals surface area contributed by atoms with Crippen molar-refractivity contribution in [2.24, 2.45) is 0 Å². The van der Waals surface area contributed by atoms with Crippen molar-refractivity contribution < 1.29 is 17.9 Å². The summed E-state index contributed by atoms with van der Waals surface area (Å²) in [6, 6.07) is 3.84. The summed E-state index contributed by atoms with van der Waals surface area (Å²) in [4.78, 5) is 0.125. The van der Waals surface area contributed by atoms with Gasteiger partial charge in [-0.1, -0.05) is 37.9 Å². The summed E-state index contributed by atoms with van der Waals surface area (Å²) in [6.45, 7) is 0. The summed E-state index contributed by atoms with van der Waals surface area (Å²) >= 11 is 6.95. The van der Waals surface area contributed by atoms with Crippen LogP contribution in [0.25, 0.3) is 0 Å². The number of halogens is 5. The van der Waals surface area contributed by atoms with Crippen molar-refractivity contribution in [3.8, 4) is 0 Å². The van der Waals surface area contributed by atoms with Crippen LogP contribution in [0.15, 0.2) is 18.2 Å². The molecule has 0 radical (unpaired) electrons. The van der Waals surface area contributed by atoms with Crippen LogP contribution in [0.2, 0.25) is 0 Å². The Morgan fingerprint density at radius 3 is 2.18 bits per heavy atom. The minimum atomic E-state index is -4.30. The average molecular weight is 372 g/mol. The topological polar surface area (TPSA) is 9.23 Å². The Hall–Kier alpha value is -0.0700. The van der Waals surface area contributed by atoms with Crippen LogP contribution in [0, 0.1) is 0 Å². The number of benzene rings is 1. The van der Waals surface area contributed by atoms with Gasteiger partial charge in [-0.3, -0.25) is 0 Å². The zero-order valence-corrected chi connectivity index (χ0v) is 11.5. The van der Waals surface area contributed by atoms with Crippen LogP contribution < -0.4 is 0 Å². The van der Waals surface area contributed by atoms with E-state index in [9.17, 15) is 13.2 Å². The molecule has 1 fully saturated rings. The van der Waals surface area contributed by atoms with Crippen molar-refractivity contribution in [3.63, 3.8) is 0 Å². The molecule has 17 heavy (non-hydrogen) atoms. The Morgan fingerprint density at radius 2 is 1.59 bits per heavy atom. The predicted molar refractivity (Wildman–Crippen MR) is 63.4 cm³/mol. The molecule has 2 aliphatic rings. The lowest BCUT2D eigenvalue weighted by molar-refractivity contribution is -0.137. The first-order valence-corrected chi connectivity index (χ1v) is 6.87. The van der Waals surface area contributed by atoms with E-state index in [1.165, 1.54) is 12.1 Å². The number of hydrogen-bond acceptors (Lipinski definition) is 1. The van der Waals surface area contributed by atoms with Crippen molar-refractivity contribution in [3.05, 3.63) is 34.9 Å². The van der Waals surface area contributed by atoms with Gasteiger partial charge in [-0.2, -0.15) is 13.2 Å². The lowest BCUT2D eigenvalue weighted by atomic mass is 9.90. The predicted octanol–water partition coefficient (Wildman–Crippen LogP) is 4.36. The third-order valence-corrected chi connectivity index (χ3v) is 6.01. The third kappa shape index (κ3) is 1.68. The quantitative estimate of drug-likeness (QED) is 0.616. The van der Waals surface area contributed by atoms with Gasteiger partial charge in [0.25, 0.3) is 0 Å². The molecule has 4 unspecified atom stereocenters. The zero-order valence-electron chi connectivity index (χ0n) is 8.34. The van der Waals surface area contributed by atoms with E-state index in [1.54, 1.807) is 0 Å². The van der Waals surface area contributed by atoms with Gasteiger partial charge in [-0.15, -0.1) is 0 Å². The second-order valence-corrected chi connectivity index (χ2v) is 6.32. The van der Waals surface area contributed by atoms with E-state index in [-0.39, 0.29) is 21.9 Å². The molecule has 1 nitrogen and oxygen atoms in total. The van der Waals surface area contributed by atoms with Crippen LogP contribution in [0.4, 0.5) is 13.2 Å². The van der Waals surface area contributed by atoms with E-state index in [2.05, 4.69) is 31.9 Å². The summed E-state index contributed by atoms with van der Waals surface area (Å²) < 4.78 is 43.5. The van der Waals surface area contributed by atoms with Crippen molar-refractivity contribution in [1.29, 1.82) is 0 Å². The Morgan fingerprint density at radius 1 is 1.00 bits per heavy atom. The van der Waals surface area contributed by atoms with E-state index in [1.807, 2.05) is 0 Å².